The Balaban J connectivity index is 2.30. The lowest BCUT2D eigenvalue weighted by Crippen LogP contribution is -2.10. The molecule has 2 rings (SSSR count). The van der Waals surface area contributed by atoms with Gasteiger partial charge in [-0.05, 0) is 25.3 Å². The van der Waals surface area contributed by atoms with Crippen molar-refractivity contribution in [2.75, 3.05) is 17.0 Å². The van der Waals surface area contributed by atoms with Crippen LogP contribution in [-0.4, -0.2) is 16.2 Å². The summed E-state index contributed by atoms with van der Waals surface area (Å²) < 4.78 is 0. The van der Waals surface area contributed by atoms with Crippen molar-refractivity contribution in [1.82, 2.24) is 9.97 Å². The van der Waals surface area contributed by atoms with E-state index in [-0.39, 0.29) is 0 Å². The highest BCUT2D eigenvalue weighted by Crippen LogP contribution is 2.27. The molecule has 0 amide bonds. The van der Waals surface area contributed by atoms with Crippen LogP contribution in [0.5, 0.6) is 0 Å². The van der Waals surface area contributed by atoms with E-state index in [1.165, 1.54) is 0 Å². The second kappa shape index (κ2) is 5.70. The van der Waals surface area contributed by atoms with Crippen LogP contribution in [0, 0.1) is 6.92 Å². The van der Waals surface area contributed by atoms with Gasteiger partial charge in [-0.1, -0.05) is 12.1 Å². The fraction of sp³-hybridized carbons (Fsp3) is 0.167. The Hall–Kier alpha value is -1.79. The summed E-state index contributed by atoms with van der Waals surface area (Å²) >= 11 is 1.68. The van der Waals surface area contributed by atoms with Gasteiger partial charge in [-0.2, -0.15) is 0 Å². The number of hydrogen-bond donors (Lipinski definition) is 3. The minimum absolute atomic E-state index is 0.589. The highest BCUT2D eigenvalue weighted by atomic mass is 32.2. The third kappa shape index (κ3) is 2.91. The Kier molecular flexibility index (Phi) is 4.01. The van der Waals surface area contributed by atoms with Gasteiger partial charge in [0.2, 0.25) is 0 Å². The zero-order chi connectivity index (χ0) is 13.0. The Morgan fingerprint density at radius 1 is 1.17 bits per heavy atom. The number of aromatic nitrogens is 2. The molecule has 0 aliphatic carbocycles. The number of nitrogen functional groups attached to an aromatic ring is 1. The van der Waals surface area contributed by atoms with Gasteiger partial charge in [-0.3, -0.25) is 0 Å². The van der Waals surface area contributed by atoms with Crippen molar-refractivity contribution in [2.24, 2.45) is 5.84 Å². The molecule has 1 aromatic heterocycles. The first-order chi connectivity index (χ1) is 8.72. The first kappa shape index (κ1) is 12.7. The van der Waals surface area contributed by atoms with Gasteiger partial charge in [-0.15, -0.1) is 11.8 Å². The number of thioether (sulfide) groups is 1. The smallest absolute Gasteiger partial charge is 0.145 e. The average Bonchev–Trinajstić information content (AvgIpc) is 2.38. The molecule has 4 N–H and O–H groups in total. The Morgan fingerprint density at radius 2 is 1.89 bits per heavy atom. The van der Waals surface area contributed by atoms with Crippen molar-refractivity contribution < 1.29 is 0 Å². The van der Waals surface area contributed by atoms with Crippen LogP contribution in [0.3, 0.4) is 0 Å². The second-order valence-corrected chi connectivity index (χ2v) is 4.50. The number of nitrogens with two attached hydrogens (primary N) is 1. The van der Waals surface area contributed by atoms with Gasteiger partial charge in [0.25, 0.3) is 0 Å². The van der Waals surface area contributed by atoms with Crippen LogP contribution in [0.15, 0.2) is 35.2 Å². The number of hydrogen-bond acceptors (Lipinski definition) is 6. The third-order valence-electron chi connectivity index (χ3n) is 2.36. The fourth-order valence-corrected chi connectivity index (χ4v) is 2.15. The Labute approximate surface area is 110 Å². The first-order valence-corrected chi connectivity index (χ1v) is 6.67. The molecule has 0 atom stereocenters. The van der Waals surface area contributed by atoms with Crippen molar-refractivity contribution in [3.8, 4) is 0 Å². The van der Waals surface area contributed by atoms with Crippen LogP contribution in [0.1, 0.15) is 5.82 Å². The first-order valence-electron chi connectivity index (χ1n) is 5.45. The van der Waals surface area contributed by atoms with E-state index in [2.05, 4.69) is 26.8 Å². The van der Waals surface area contributed by atoms with E-state index in [1.807, 2.05) is 31.4 Å². The van der Waals surface area contributed by atoms with Gasteiger partial charge in [0.15, 0.2) is 0 Å². The van der Waals surface area contributed by atoms with Gasteiger partial charge in [0, 0.05) is 11.0 Å². The summed E-state index contributed by atoms with van der Waals surface area (Å²) in [7, 11) is 0. The van der Waals surface area contributed by atoms with Crippen molar-refractivity contribution in [1.29, 1.82) is 0 Å². The van der Waals surface area contributed by atoms with E-state index in [0.29, 0.717) is 11.6 Å². The van der Waals surface area contributed by atoms with E-state index in [4.69, 9.17) is 5.84 Å². The highest BCUT2D eigenvalue weighted by molar-refractivity contribution is 7.98. The van der Waals surface area contributed by atoms with E-state index < -0.39 is 0 Å². The number of aryl methyl sites for hydroxylation is 1. The van der Waals surface area contributed by atoms with Gasteiger partial charge in [-0.25, -0.2) is 15.8 Å². The number of nitrogens with zero attached hydrogens (tertiary/aromatic N) is 2. The van der Waals surface area contributed by atoms with E-state index in [9.17, 15) is 0 Å². The van der Waals surface area contributed by atoms with Crippen molar-refractivity contribution in [3.63, 3.8) is 0 Å². The van der Waals surface area contributed by atoms with Crippen LogP contribution in [0.25, 0.3) is 0 Å². The molecule has 1 aromatic carbocycles. The normalized spacial score (nSPS) is 10.2. The SMILES string of the molecule is CSc1ccccc1Nc1cc(NN)nc(C)n1. The standard InChI is InChI=1S/C12H15N5S/c1-8-14-11(7-12(15-8)17-13)16-9-5-3-4-6-10(9)18-2/h3-7H,13H2,1-2H3,(H2,14,15,16,17). The van der Waals surface area contributed by atoms with E-state index >= 15 is 0 Å². The van der Waals surface area contributed by atoms with Crippen LogP contribution in [-0.2, 0) is 0 Å². The zero-order valence-electron chi connectivity index (χ0n) is 10.3. The molecule has 18 heavy (non-hydrogen) atoms. The number of nitrogens with one attached hydrogen (secondary N) is 2. The maximum atomic E-state index is 5.36. The summed E-state index contributed by atoms with van der Waals surface area (Å²) in [5.74, 6) is 7.34. The molecule has 5 nitrogen and oxygen atoms in total. The molecule has 2 aromatic rings. The molecule has 0 saturated carbocycles. The second-order valence-electron chi connectivity index (χ2n) is 3.66. The van der Waals surface area contributed by atoms with Gasteiger partial charge in [0.1, 0.15) is 17.5 Å². The molecular weight excluding hydrogens is 246 g/mol. The lowest BCUT2D eigenvalue weighted by Gasteiger charge is -2.11. The monoisotopic (exact) mass is 261 g/mol. The lowest BCUT2D eigenvalue weighted by molar-refractivity contribution is 1.04. The average molecular weight is 261 g/mol. The minimum Gasteiger partial charge on any atom is -0.339 e. The van der Waals surface area contributed by atoms with Gasteiger partial charge >= 0.3 is 0 Å². The topological polar surface area (TPSA) is 75.9 Å². The number of hydrazine groups is 1. The van der Waals surface area contributed by atoms with E-state index in [0.717, 1.165) is 16.4 Å². The Morgan fingerprint density at radius 3 is 2.61 bits per heavy atom. The summed E-state index contributed by atoms with van der Waals surface area (Å²) in [6.07, 6.45) is 2.04. The predicted molar refractivity (Wildman–Crippen MR) is 76.1 cm³/mol. The predicted octanol–water partition coefficient (Wildman–Crippen LogP) is 2.54. The molecular formula is C12H15N5S. The summed E-state index contributed by atoms with van der Waals surface area (Å²) in [5.41, 5.74) is 3.55. The number of rotatable bonds is 4. The number of anilines is 3. The van der Waals surface area contributed by atoms with Crippen LogP contribution in [0.4, 0.5) is 17.3 Å². The quantitative estimate of drug-likeness (QED) is 0.446. The fourth-order valence-electron chi connectivity index (χ4n) is 1.59. The molecule has 0 spiro atoms. The van der Waals surface area contributed by atoms with Crippen LogP contribution >= 0.6 is 11.8 Å². The summed E-state index contributed by atoms with van der Waals surface area (Å²) in [6.45, 7) is 1.83. The molecule has 0 fully saturated rings. The largest absolute Gasteiger partial charge is 0.339 e. The Bertz CT molecular complexity index is 544. The maximum Gasteiger partial charge on any atom is 0.145 e. The summed E-state index contributed by atoms with van der Waals surface area (Å²) in [6, 6.07) is 9.83. The molecule has 0 aliphatic heterocycles. The van der Waals surface area contributed by atoms with Crippen molar-refractivity contribution in [2.45, 2.75) is 11.8 Å². The number of para-hydroxylation sites is 1. The van der Waals surface area contributed by atoms with Gasteiger partial charge in [0.05, 0.1) is 5.69 Å². The zero-order valence-corrected chi connectivity index (χ0v) is 11.1. The molecule has 0 aliphatic rings. The molecule has 0 saturated heterocycles. The number of benzene rings is 1. The van der Waals surface area contributed by atoms with Gasteiger partial charge < -0.3 is 10.7 Å². The highest BCUT2D eigenvalue weighted by Gasteiger charge is 2.04. The van der Waals surface area contributed by atoms with Crippen LogP contribution < -0.4 is 16.6 Å². The van der Waals surface area contributed by atoms with Crippen LogP contribution in [0.2, 0.25) is 0 Å². The lowest BCUT2D eigenvalue weighted by atomic mass is 10.3. The van der Waals surface area contributed by atoms with Crippen molar-refractivity contribution >= 4 is 29.1 Å². The molecule has 0 unspecified atom stereocenters. The molecule has 0 radical (unpaired) electrons. The molecule has 1 heterocycles. The third-order valence-corrected chi connectivity index (χ3v) is 3.15. The minimum atomic E-state index is 0.589. The molecule has 94 valence electrons. The van der Waals surface area contributed by atoms with Crippen molar-refractivity contribution in [3.05, 3.63) is 36.2 Å². The maximum absolute atomic E-state index is 5.36. The van der Waals surface area contributed by atoms with E-state index in [1.54, 1.807) is 17.8 Å². The molecule has 6 heteroatoms. The molecule has 0 bridgehead atoms. The summed E-state index contributed by atoms with van der Waals surface area (Å²) in [5, 5.41) is 3.27. The summed E-state index contributed by atoms with van der Waals surface area (Å²) in [4.78, 5) is 9.63.